The molecule has 0 radical (unpaired) electrons. The average molecular weight is 360 g/mol. The summed E-state index contributed by atoms with van der Waals surface area (Å²) in [5, 5.41) is 12.0. The lowest BCUT2D eigenvalue weighted by Crippen LogP contribution is -2.12. The zero-order valence-corrected chi connectivity index (χ0v) is 12.0. The molecule has 2 aromatic carbocycles. The van der Waals surface area contributed by atoms with E-state index in [0.717, 1.165) is 24.3 Å². The maximum absolute atomic E-state index is 12.4. The lowest BCUT2D eigenvalue weighted by Gasteiger charge is -2.09. The Bertz CT molecular complexity index is 669. The number of phenolic OH excluding ortho intramolecular Hbond substituents is 1. The molecule has 0 aliphatic heterocycles. The summed E-state index contributed by atoms with van der Waals surface area (Å²) in [6, 6.07) is 8.28. The number of anilines is 1. The monoisotopic (exact) mass is 359 g/mol. The second-order valence-electron chi connectivity index (χ2n) is 4.20. The molecule has 0 fully saturated rings. The van der Waals surface area contributed by atoms with Crippen LogP contribution in [0.4, 0.5) is 18.9 Å². The topological polar surface area (TPSA) is 49.3 Å². The minimum absolute atomic E-state index is 0.0554. The van der Waals surface area contributed by atoms with Crippen molar-refractivity contribution in [1.82, 2.24) is 0 Å². The second kappa shape index (κ2) is 5.77. The van der Waals surface area contributed by atoms with Gasteiger partial charge in [0.15, 0.2) is 0 Å². The molecule has 0 bridgehead atoms. The quantitative estimate of drug-likeness (QED) is 0.833. The van der Waals surface area contributed by atoms with E-state index in [1.54, 1.807) is 6.07 Å². The zero-order valence-electron chi connectivity index (χ0n) is 10.4. The Balaban J connectivity index is 2.15. The van der Waals surface area contributed by atoms with Crippen molar-refractivity contribution in [3.63, 3.8) is 0 Å². The molecular formula is C14H9BrF3NO2. The highest BCUT2D eigenvalue weighted by Gasteiger charge is 2.30. The number of hydrogen-bond donors (Lipinski definition) is 2. The Morgan fingerprint density at radius 2 is 1.71 bits per heavy atom. The van der Waals surface area contributed by atoms with Crippen LogP contribution in [0.2, 0.25) is 0 Å². The summed E-state index contributed by atoms with van der Waals surface area (Å²) in [6.07, 6.45) is -4.44. The Labute approximate surface area is 126 Å². The van der Waals surface area contributed by atoms with Crippen LogP contribution in [0.3, 0.4) is 0 Å². The van der Waals surface area contributed by atoms with Crippen LogP contribution in [0, 0.1) is 0 Å². The van der Waals surface area contributed by atoms with Gasteiger partial charge in [-0.05, 0) is 52.3 Å². The standard InChI is InChI=1S/C14H9BrF3NO2/c15-11-6-5-10(7-12(11)20)19-13(21)8-1-3-9(4-2-8)14(16,17)18/h1-7,20H,(H,19,21). The number of alkyl halides is 3. The van der Waals surface area contributed by atoms with E-state index in [0.29, 0.717) is 10.2 Å². The molecule has 2 N–H and O–H groups in total. The molecule has 1 amide bonds. The van der Waals surface area contributed by atoms with Crippen molar-refractivity contribution in [2.75, 3.05) is 5.32 Å². The summed E-state index contributed by atoms with van der Waals surface area (Å²) < 4.78 is 37.7. The van der Waals surface area contributed by atoms with E-state index in [2.05, 4.69) is 21.2 Å². The van der Waals surface area contributed by atoms with E-state index in [9.17, 15) is 23.1 Å². The number of phenols is 1. The Kier molecular flexibility index (Phi) is 4.22. The van der Waals surface area contributed by atoms with E-state index in [1.807, 2.05) is 0 Å². The van der Waals surface area contributed by atoms with Crippen LogP contribution in [0.5, 0.6) is 5.75 Å². The third-order valence-electron chi connectivity index (χ3n) is 2.68. The van der Waals surface area contributed by atoms with E-state index in [-0.39, 0.29) is 11.3 Å². The minimum Gasteiger partial charge on any atom is -0.507 e. The molecule has 0 spiro atoms. The molecule has 3 nitrogen and oxygen atoms in total. The fraction of sp³-hybridized carbons (Fsp3) is 0.0714. The summed E-state index contributed by atoms with van der Waals surface area (Å²) in [4.78, 5) is 11.9. The summed E-state index contributed by atoms with van der Waals surface area (Å²) in [7, 11) is 0. The summed E-state index contributed by atoms with van der Waals surface area (Å²) >= 11 is 3.10. The van der Waals surface area contributed by atoms with Crippen molar-refractivity contribution < 1.29 is 23.1 Å². The zero-order chi connectivity index (χ0) is 15.6. The van der Waals surface area contributed by atoms with E-state index < -0.39 is 17.6 Å². The number of carbonyl (C=O) groups excluding carboxylic acids is 1. The van der Waals surface area contributed by atoms with Gasteiger partial charge in [0.2, 0.25) is 0 Å². The maximum Gasteiger partial charge on any atom is 0.416 e. The highest BCUT2D eigenvalue weighted by atomic mass is 79.9. The Hall–Kier alpha value is -2.02. The molecule has 0 saturated heterocycles. The summed E-state index contributed by atoms with van der Waals surface area (Å²) in [5.74, 6) is -0.620. The van der Waals surface area contributed by atoms with Crippen LogP contribution >= 0.6 is 15.9 Å². The number of aromatic hydroxyl groups is 1. The smallest absolute Gasteiger partial charge is 0.416 e. The molecule has 2 rings (SSSR count). The van der Waals surface area contributed by atoms with E-state index in [1.165, 1.54) is 12.1 Å². The SMILES string of the molecule is O=C(Nc1ccc(Br)c(O)c1)c1ccc(C(F)(F)F)cc1. The third-order valence-corrected chi connectivity index (χ3v) is 3.35. The summed E-state index contributed by atoms with van der Waals surface area (Å²) in [5.41, 5.74) is -0.397. The molecule has 0 unspecified atom stereocenters. The van der Waals surface area contributed by atoms with Crippen molar-refractivity contribution in [2.24, 2.45) is 0 Å². The van der Waals surface area contributed by atoms with Gasteiger partial charge in [-0.25, -0.2) is 0 Å². The number of amides is 1. The van der Waals surface area contributed by atoms with Gasteiger partial charge in [-0.15, -0.1) is 0 Å². The van der Waals surface area contributed by atoms with Gasteiger partial charge in [0, 0.05) is 17.3 Å². The predicted octanol–water partition coefficient (Wildman–Crippen LogP) is 4.43. The molecule has 2 aromatic rings. The van der Waals surface area contributed by atoms with E-state index >= 15 is 0 Å². The first-order valence-corrected chi connectivity index (χ1v) is 6.54. The van der Waals surface area contributed by atoms with Gasteiger partial charge in [0.1, 0.15) is 5.75 Å². The first-order valence-electron chi connectivity index (χ1n) is 5.74. The van der Waals surface area contributed by atoms with Gasteiger partial charge in [0.05, 0.1) is 10.0 Å². The van der Waals surface area contributed by atoms with Crippen molar-refractivity contribution in [2.45, 2.75) is 6.18 Å². The van der Waals surface area contributed by atoms with Crippen LogP contribution in [-0.4, -0.2) is 11.0 Å². The number of hydrogen-bond acceptors (Lipinski definition) is 2. The normalized spacial score (nSPS) is 11.2. The van der Waals surface area contributed by atoms with Crippen molar-refractivity contribution in [3.05, 3.63) is 58.1 Å². The highest BCUT2D eigenvalue weighted by molar-refractivity contribution is 9.10. The largest absolute Gasteiger partial charge is 0.507 e. The lowest BCUT2D eigenvalue weighted by atomic mass is 10.1. The van der Waals surface area contributed by atoms with Gasteiger partial charge >= 0.3 is 6.18 Å². The maximum atomic E-state index is 12.4. The number of benzene rings is 2. The molecule has 0 aliphatic carbocycles. The van der Waals surface area contributed by atoms with Crippen LogP contribution in [-0.2, 0) is 6.18 Å². The first kappa shape index (κ1) is 15.4. The van der Waals surface area contributed by atoms with Crippen molar-refractivity contribution in [3.8, 4) is 5.75 Å². The number of carbonyl (C=O) groups is 1. The first-order chi connectivity index (χ1) is 9.77. The molecule has 0 atom stereocenters. The highest BCUT2D eigenvalue weighted by Crippen LogP contribution is 2.29. The fourth-order valence-electron chi connectivity index (χ4n) is 1.60. The predicted molar refractivity (Wildman–Crippen MR) is 75.2 cm³/mol. The molecule has 21 heavy (non-hydrogen) atoms. The number of rotatable bonds is 2. The molecule has 0 aromatic heterocycles. The van der Waals surface area contributed by atoms with Crippen LogP contribution in [0.1, 0.15) is 15.9 Å². The second-order valence-corrected chi connectivity index (χ2v) is 5.05. The van der Waals surface area contributed by atoms with Gasteiger partial charge < -0.3 is 10.4 Å². The molecule has 0 heterocycles. The molecule has 0 aliphatic rings. The van der Waals surface area contributed by atoms with Crippen LogP contribution < -0.4 is 5.32 Å². The molecule has 7 heteroatoms. The van der Waals surface area contributed by atoms with Crippen molar-refractivity contribution in [1.29, 1.82) is 0 Å². The number of nitrogens with one attached hydrogen (secondary N) is 1. The van der Waals surface area contributed by atoms with Gasteiger partial charge in [-0.1, -0.05) is 0 Å². The minimum atomic E-state index is -4.44. The Morgan fingerprint density at radius 3 is 2.24 bits per heavy atom. The van der Waals surface area contributed by atoms with Gasteiger partial charge in [-0.2, -0.15) is 13.2 Å². The third kappa shape index (κ3) is 3.75. The summed E-state index contributed by atoms with van der Waals surface area (Å²) in [6.45, 7) is 0. The van der Waals surface area contributed by atoms with Gasteiger partial charge in [0.25, 0.3) is 5.91 Å². The Morgan fingerprint density at radius 1 is 1.10 bits per heavy atom. The van der Waals surface area contributed by atoms with Crippen LogP contribution in [0.15, 0.2) is 46.9 Å². The van der Waals surface area contributed by atoms with Gasteiger partial charge in [-0.3, -0.25) is 4.79 Å². The fourth-order valence-corrected chi connectivity index (χ4v) is 1.85. The number of halogens is 4. The lowest BCUT2D eigenvalue weighted by molar-refractivity contribution is -0.137. The molecule has 0 saturated carbocycles. The average Bonchev–Trinajstić information content (AvgIpc) is 2.42. The van der Waals surface area contributed by atoms with Crippen molar-refractivity contribution >= 4 is 27.5 Å². The van der Waals surface area contributed by atoms with Crippen LogP contribution in [0.25, 0.3) is 0 Å². The molecule has 110 valence electrons. The van der Waals surface area contributed by atoms with E-state index in [4.69, 9.17) is 0 Å². The molecular weight excluding hydrogens is 351 g/mol.